The van der Waals surface area contributed by atoms with Crippen LogP contribution in [0.5, 0.6) is 0 Å². The zero-order valence-corrected chi connectivity index (χ0v) is 19.2. The van der Waals surface area contributed by atoms with Gasteiger partial charge < -0.3 is 20.1 Å². The van der Waals surface area contributed by atoms with Gasteiger partial charge >= 0.3 is 5.97 Å². The molecule has 0 aromatic carbocycles. The first-order valence-electron chi connectivity index (χ1n) is 11.2. The Morgan fingerprint density at radius 1 is 1.35 bits per heavy atom. The van der Waals surface area contributed by atoms with Gasteiger partial charge in [-0.15, -0.1) is 0 Å². The van der Waals surface area contributed by atoms with Crippen molar-refractivity contribution in [2.75, 3.05) is 6.61 Å². The Morgan fingerprint density at radius 3 is 2.58 bits per heavy atom. The van der Waals surface area contributed by atoms with E-state index in [1.807, 2.05) is 6.92 Å². The van der Waals surface area contributed by atoms with Crippen molar-refractivity contribution in [2.24, 2.45) is 34.5 Å². The fourth-order valence-corrected chi connectivity index (χ4v) is 6.91. The van der Waals surface area contributed by atoms with Crippen molar-refractivity contribution in [1.82, 2.24) is 0 Å². The summed E-state index contributed by atoms with van der Waals surface area (Å²) in [5, 5.41) is 33.7. The Labute approximate surface area is 183 Å². The predicted octanol–water partition coefficient (Wildman–Crippen LogP) is 2.33. The summed E-state index contributed by atoms with van der Waals surface area (Å²) in [5.41, 5.74) is -2.36. The van der Waals surface area contributed by atoms with Crippen LogP contribution >= 0.6 is 0 Å². The standard InChI is InChI=1S/C25H34O6/c1-7-12(2)22(29)31-21-13(3)10-24-14(4)8-17-18(23(17,5)6)16(20(24)28)9-15(11-26)19(27)25(21,24)30/h7,9-10,14,16-19,21,26-27,30H,8,11H2,1-6H3/b12-7-/t14?,16-,17?,18?,19+,21-,24?,25-/m0/s1. The number of ether oxygens (including phenoxy) is 1. The van der Waals surface area contributed by atoms with Crippen molar-refractivity contribution in [3.05, 3.63) is 34.9 Å². The van der Waals surface area contributed by atoms with Gasteiger partial charge in [0.25, 0.3) is 0 Å². The lowest BCUT2D eigenvalue weighted by Gasteiger charge is -2.48. The third kappa shape index (κ3) is 2.61. The van der Waals surface area contributed by atoms with Crippen LogP contribution in [0.1, 0.15) is 48.0 Å². The average molecular weight is 431 g/mol. The summed E-state index contributed by atoms with van der Waals surface area (Å²) in [6.07, 6.45) is 3.04. The van der Waals surface area contributed by atoms with E-state index in [0.717, 1.165) is 6.42 Å². The molecule has 6 nitrogen and oxygen atoms in total. The van der Waals surface area contributed by atoms with Crippen LogP contribution in [0, 0.1) is 34.5 Å². The number of Topliss-reactive ketones (excluding diaryl/α,β-unsaturated/α-hetero) is 1. The van der Waals surface area contributed by atoms with Crippen LogP contribution in [-0.4, -0.2) is 51.5 Å². The SMILES string of the molecule is C/C=C(/C)C(=O)O[C@H]1C(C)=CC23C(=O)[C@@H](C=C(CO)[C@@H](O)[C@]12O)C1C(CC3C)C1(C)C. The first-order chi connectivity index (χ1) is 14.4. The van der Waals surface area contributed by atoms with Crippen LogP contribution in [0.25, 0.3) is 0 Å². The Bertz CT molecular complexity index is 926. The summed E-state index contributed by atoms with van der Waals surface area (Å²) in [6, 6.07) is 0. The molecule has 0 radical (unpaired) electrons. The minimum Gasteiger partial charge on any atom is -0.451 e. The van der Waals surface area contributed by atoms with E-state index < -0.39 is 41.7 Å². The second-order valence-electron chi connectivity index (χ2n) is 10.6. The third-order valence-electron chi connectivity index (χ3n) is 8.88. The van der Waals surface area contributed by atoms with Crippen molar-refractivity contribution < 1.29 is 29.6 Å². The van der Waals surface area contributed by atoms with Gasteiger partial charge in [0.2, 0.25) is 0 Å². The third-order valence-corrected chi connectivity index (χ3v) is 8.88. The Hall–Kier alpha value is -1.76. The number of rotatable bonds is 3. The molecule has 6 heteroatoms. The maximum absolute atomic E-state index is 14.2. The van der Waals surface area contributed by atoms with E-state index in [-0.39, 0.29) is 28.6 Å². The molecule has 4 unspecified atom stereocenters. The minimum absolute atomic E-state index is 0.0209. The molecule has 0 aliphatic heterocycles. The molecule has 0 heterocycles. The van der Waals surface area contributed by atoms with Gasteiger partial charge in [-0.05, 0) is 61.5 Å². The van der Waals surface area contributed by atoms with Crippen molar-refractivity contribution in [2.45, 2.75) is 65.8 Å². The molecule has 2 bridgehead atoms. The molecule has 3 N–H and O–H groups in total. The number of aliphatic hydroxyl groups excluding tert-OH is 2. The molecule has 170 valence electrons. The number of ketones is 1. The molecular formula is C25H34O6. The molecule has 0 aromatic rings. The van der Waals surface area contributed by atoms with Gasteiger partial charge in [0.15, 0.2) is 17.5 Å². The van der Waals surface area contributed by atoms with Crippen molar-refractivity contribution in [3.8, 4) is 0 Å². The molecule has 1 spiro atoms. The summed E-state index contributed by atoms with van der Waals surface area (Å²) in [5.74, 6) is -1.13. The highest BCUT2D eigenvalue weighted by Gasteiger charge is 2.76. The fraction of sp³-hybridized carbons (Fsp3) is 0.680. The van der Waals surface area contributed by atoms with Crippen LogP contribution in [0.4, 0.5) is 0 Å². The van der Waals surface area contributed by atoms with E-state index >= 15 is 0 Å². The van der Waals surface area contributed by atoms with E-state index in [2.05, 4.69) is 13.8 Å². The molecule has 31 heavy (non-hydrogen) atoms. The highest BCUT2D eigenvalue weighted by atomic mass is 16.6. The molecule has 4 aliphatic carbocycles. The predicted molar refractivity (Wildman–Crippen MR) is 115 cm³/mol. The second kappa shape index (κ2) is 6.87. The fourth-order valence-electron chi connectivity index (χ4n) is 6.91. The molecule has 0 saturated heterocycles. The smallest absolute Gasteiger partial charge is 0.334 e. The highest BCUT2D eigenvalue weighted by molar-refractivity contribution is 5.96. The van der Waals surface area contributed by atoms with Crippen LogP contribution in [-0.2, 0) is 14.3 Å². The minimum atomic E-state index is -2.08. The Balaban J connectivity index is 1.91. The van der Waals surface area contributed by atoms with E-state index in [1.165, 1.54) is 0 Å². The molecule has 2 fully saturated rings. The number of fused-ring (bicyclic) bond motifs is 3. The molecule has 4 aliphatic rings. The van der Waals surface area contributed by atoms with Gasteiger partial charge in [-0.1, -0.05) is 39.0 Å². The maximum atomic E-state index is 14.2. The van der Waals surface area contributed by atoms with Crippen molar-refractivity contribution in [1.29, 1.82) is 0 Å². The van der Waals surface area contributed by atoms with Crippen LogP contribution in [0.3, 0.4) is 0 Å². The summed E-state index contributed by atoms with van der Waals surface area (Å²) < 4.78 is 5.72. The van der Waals surface area contributed by atoms with Crippen LogP contribution in [0.2, 0.25) is 0 Å². The van der Waals surface area contributed by atoms with Crippen molar-refractivity contribution in [3.63, 3.8) is 0 Å². The number of carbonyl (C=O) groups excluding carboxylic acids is 2. The van der Waals surface area contributed by atoms with Gasteiger partial charge in [-0.2, -0.15) is 0 Å². The average Bonchev–Trinajstić information content (AvgIpc) is 3.21. The molecule has 0 aromatic heterocycles. The lowest BCUT2D eigenvalue weighted by molar-refractivity contribution is -0.201. The van der Waals surface area contributed by atoms with E-state index in [0.29, 0.717) is 17.1 Å². The van der Waals surface area contributed by atoms with Gasteiger partial charge in [0.1, 0.15) is 6.10 Å². The highest BCUT2D eigenvalue weighted by Crippen LogP contribution is 2.71. The Kier molecular flexibility index (Phi) is 4.97. The summed E-state index contributed by atoms with van der Waals surface area (Å²) in [6.45, 7) is 10.8. The van der Waals surface area contributed by atoms with Crippen molar-refractivity contribution >= 4 is 11.8 Å². The van der Waals surface area contributed by atoms with Crippen LogP contribution < -0.4 is 0 Å². The summed E-state index contributed by atoms with van der Waals surface area (Å²) in [4.78, 5) is 26.8. The van der Waals surface area contributed by atoms with Crippen LogP contribution in [0.15, 0.2) is 34.9 Å². The number of esters is 1. The van der Waals surface area contributed by atoms with Gasteiger partial charge in [-0.25, -0.2) is 4.79 Å². The van der Waals surface area contributed by atoms with Gasteiger partial charge in [0, 0.05) is 11.5 Å². The number of hydrogen-bond acceptors (Lipinski definition) is 6. The Morgan fingerprint density at radius 2 is 2.00 bits per heavy atom. The summed E-state index contributed by atoms with van der Waals surface area (Å²) >= 11 is 0. The number of aliphatic hydroxyl groups is 3. The number of carbonyl (C=O) groups is 2. The van der Waals surface area contributed by atoms with Gasteiger partial charge in [0.05, 0.1) is 12.0 Å². The first-order valence-corrected chi connectivity index (χ1v) is 11.2. The molecule has 8 atom stereocenters. The zero-order valence-electron chi connectivity index (χ0n) is 19.2. The maximum Gasteiger partial charge on any atom is 0.334 e. The molecule has 2 saturated carbocycles. The lowest BCUT2D eigenvalue weighted by atomic mass is 9.59. The normalized spacial score (nSPS) is 45.6. The van der Waals surface area contributed by atoms with E-state index in [9.17, 15) is 24.9 Å². The summed E-state index contributed by atoms with van der Waals surface area (Å²) in [7, 11) is 0. The second-order valence-corrected chi connectivity index (χ2v) is 10.6. The zero-order chi connectivity index (χ0) is 23.1. The van der Waals surface area contributed by atoms with E-state index in [1.54, 1.807) is 39.0 Å². The lowest BCUT2D eigenvalue weighted by Crippen LogP contribution is -2.65. The van der Waals surface area contributed by atoms with E-state index in [4.69, 9.17) is 4.74 Å². The quantitative estimate of drug-likeness (QED) is 0.361. The largest absolute Gasteiger partial charge is 0.451 e. The molecule has 0 amide bonds. The topological polar surface area (TPSA) is 104 Å². The number of allylic oxidation sites excluding steroid dienone is 2. The monoisotopic (exact) mass is 430 g/mol. The molecular weight excluding hydrogens is 396 g/mol. The first kappa shape index (κ1) is 22.4. The molecule has 4 rings (SSSR count). The number of hydrogen-bond donors (Lipinski definition) is 3. The van der Waals surface area contributed by atoms with Gasteiger partial charge in [-0.3, -0.25) is 4.79 Å².